The maximum absolute atomic E-state index is 12.9. The molecule has 2 rings (SSSR count). The van der Waals surface area contributed by atoms with Crippen molar-refractivity contribution in [2.45, 2.75) is 37.5 Å². The smallest absolute Gasteiger partial charge is 0.244 e. The molecule has 0 amide bonds. The molecule has 23 heavy (non-hydrogen) atoms. The number of halogens is 2. The van der Waals surface area contributed by atoms with Crippen LogP contribution in [0.4, 0.5) is 0 Å². The van der Waals surface area contributed by atoms with Gasteiger partial charge in [0.05, 0.1) is 5.02 Å². The van der Waals surface area contributed by atoms with E-state index < -0.39 is 10.0 Å². The van der Waals surface area contributed by atoms with E-state index in [1.54, 1.807) is 16.4 Å². The van der Waals surface area contributed by atoms with Crippen molar-refractivity contribution in [2.24, 2.45) is 5.92 Å². The highest BCUT2D eigenvalue weighted by Gasteiger charge is 2.30. The van der Waals surface area contributed by atoms with E-state index in [1.807, 2.05) is 13.1 Å². The first-order valence-corrected chi connectivity index (χ1v) is 9.74. The summed E-state index contributed by atoms with van der Waals surface area (Å²) in [4.78, 5) is 0.257. The predicted molar refractivity (Wildman–Crippen MR) is 98.1 cm³/mol. The summed E-state index contributed by atoms with van der Waals surface area (Å²) in [5.74, 6) is 0.554. The second-order valence-corrected chi connectivity index (χ2v) is 8.23. The Labute approximate surface area is 151 Å². The minimum atomic E-state index is -3.49. The number of aryl methyl sites for hydroxylation is 1. The Kier molecular flexibility index (Phi) is 8.31. The average molecular weight is 381 g/mol. The third-order valence-corrected chi connectivity index (χ3v) is 6.60. The number of nitrogens with one attached hydrogen (secondary N) is 1. The van der Waals surface area contributed by atoms with Crippen LogP contribution in [0.1, 0.15) is 31.7 Å². The Bertz CT molecular complexity index is 600. The highest BCUT2D eigenvalue weighted by molar-refractivity contribution is 7.89. The van der Waals surface area contributed by atoms with E-state index in [0.29, 0.717) is 24.0 Å². The Morgan fingerprint density at radius 2 is 1.96 bits per heavy atom. The first-order chi connectivity index (χ1) is 10.5. The number of hydrogen-bond donors (Lipinski definition) is 1. The molecule has 0 radical (unpaired) electrons. The van der Waals surface area contributed by atoms with Gasteiger partial charge in [-0.1, -0.05) is 31.0 Å². The van der Waals surface area contributed by atoms with Crippen LogP contribution in [-0.2, 0) is 16.4 Å². The van der Waals surface area contributed by atoms with Crippen LogP contribution in [-0.4, -0.2) is 39.4 Å². The van der Waals surface area contributed by atoms with Crippen molar-refractivity contribution in [1.29, 1.82) is 0 Å². The molecule has 1 fully saturated rings. The minimum absolute atomic E-state index is 0. The second-order valence-electron chi connectivity index (χ2n) is 5.92. The molecule has 1 aliphatic rings. The summed E-state index contributed by atoms with van der Waals surface area (Å²) < 4.78 is 27.3. The minimum Gasteiger partial charge on any atom is -0.319 e. The van der Waals surface area contributed by atoms with E-state index in [0.717, 1.165) is 37.8 Å². The van der Waals surface area contributed by atoms with Gasteiger partial charge in [0.2, 0.25) is 10.0 Å². The SMILES string of the molecule is CCCc1ccc(Cl)c(S(=O)(=O)N2CCC(CNC)CC2)c1.Cl. The molecule has 4 nitrogen and oxygen atoms in total. The lowest BCUT2D eigenvalue weighted by atomic mass is 9.98. The first-order valence-electron chi connectivity index (χ1n) is 7.92. The fraction of sp³-hybridized carbons (Fsp3) is 0.625. The van der Waals surface area contributed by atoms with Gasteiger partial charge in [-0.2, -0.15) is 4.31 Å². The monoisotopic (exact) mass is 380 g/mol. The maximum atomic E-state index is 12.9. The number of piperidine rings is 1. The molecule has 1 aliphatic heterocycles. The number of sulfonamides is 1. The number of rotatable bonds is 6. The van der Waals surface area contributed by atoms with Crippen molar-refractivity contribution in [3.05, 3.63) is 28.8 Å². The maximum Gasteiger partial charge on any atom is 0.244 e. The highest BCUT2D eigenvalue weighted by Crippen LogP contribution is 2.29. The highest BCUT2D eigenvalue weighted by atomic mass is 35.5. The summed E-state index contributed by atoms with van der Waals surface area (Å²) in [6.07, 6.45) is 3.64. The molecular weight excluding hydrogens is 355 g/mol. The van der Waals surface area contributed by atoms with Crippen molar-refractivity contribution in [3.63, 3.8) is 0 Å². The fourth-order valence-electron chi connectivity index (χ4n) is 2.97. The van der Waals surface area contributed by atoms with Gasteiger partial charge in [0.15, 0.2) is 0 Å². The van der Waals surface area contributed by atoms with Crippen LogP contribution in [0.5, 0.6) is 0 Å². The molecular formula is C16H26Cl2N2O2S. The molecule has 0 atom stereocenters. The molecule has 0 aliphatic carbocycles. The van der Waals surface area contributed by atoms with E-state index in [4.69, 9.17) is 11.6 Å². The fourth-order valence-corrected chi connectivity index (χ4v) is 4.97. The molecule has 132 valence electrons. The average Bonchev–Trinajstić information content (AvgIpc) is 2.50. The molecule has 0 bridgehead atoms. The van der Waals surface area contributed by atoms with Crippen LogP contribution < -0.4 is 5.32 Å². The number of hydrogen-bond acceptors (Lipinski definition) is 3. The van der Waals surface area contributed by atoms with Crippen LogP contribution in [0, 0.1) is 5.92 Å². The van der Waals surface area contributed by atoms with Crippen LogP contribution in [0.15, 0.2) is 23.1 Å². The second kappa shape index (κ2) is 9.23. The lowest BCUT2D eigenvalue weighted by Crippen LogP contribution is -2.40. The Morgan fingerprint density at radius 1 is 1.30 bits per heavy atom. The van der Waals surface area contributed by atoms with E-state index in [2.05, 4.69) is 12.2 Å². The van der Waals surface area contributed by atoms with Gasteiger partial charge in [-0.3, -0.25) is 0 Å². The lowest BCUT2D eigenvalue weighted by Gasteiger charge is -2.31. The van der Waals surface area contributed by atoms with Crippen molar-refractivity contribution < 1.29 is 8.42 Å². The van der Waals surface area contributed by atoms with Gasteiger partial charge in [-0.15, -0.1) is 12.4 Å². The molecule has 1 heterocycles. The quantitative estimate of drug-likeness (QED) is 0.822. The van der Waals surface area contributed by atoms with E-state index in [-0.39, 0.29) is 17.3 Å². The summed E-state index contributed by atoms with van der Waals surface area (Å²) in [6.45, 7) is 4.17. The topological polar surface area (TPSA) is 49.4 Å². The summed E-state index contributed by atoms with van der Waals surface area (Å²) in [7, 11) is -1.56. The summed E-state index contributed by atoms with van der Waals surface area (Å²) in [5.41, 5.74) is 1.02. The molecule has 1 aromatic carbocycles. The third kappa shape index (κ3) is 5.07. The third-order valence-electron chi connectivity index (χ3n) is 4.22. The summed E-state index contributed by atoms with van der Waals surface area (Å²) in [5, 5.41) is 3.48. The molecule has 0 saturated carbocycles. The molecule has 1 N–H and O–H groups in total. The van der Waals surface area contributed by atoms with E-state index >= 15 is 0 Å². The Morgan fingerprint density at radius 3 is 2.52 bits per heavy atom. The normalized spacial score (nSPS) is 17.0. The zero-order valence-corrected chi connectivity index (χ0v) is 16.1. The standard InChI is InChI=1S/C16H25ClN2O2S.ClH/c1-3-4-13-5-6-15(17)16(11-13)22(20,21)19-9-7-14(8-10-19)12-18-2;/h5-6,11,14,18H,3-4,7-10,12H2,1-2H3;1H. The zero-order chi connectivity index (χ0) is 16.2. The van der Waals surface area contributed by atoms with Crippen molar-refractivity contribution in [3.8, 4) is 0 Å². The van der Waals surface area contributed by atoms with E-state index in [9.17, 15) is 8.42 Å². The van der Waals surface area contributed by atoms with Gasteiger partial charge < -0.3 is 5.32 Å². The molecule has 0 aromatic heterocycles. The van der Waals surface area contributed by atoms with Crippen LogP contribution in [0.3, 0.4) is 0 Å². The van der Waals surface area contributed by atoms with Crippen LogP contribution in [0.2, 0.25) is 5.02 Å². The van der Waals surface area contributed by atoms with Gasteiger partial charge in [-0.25, -0.2) is 8.42 Å². The predicted octanol–water partition coefficient (Wildman–Crippen LogP) is 3.33. The zero-order valence-electron chi connectivity index (χ0n) is 13.7. The van der Waals surface area contributed by atoms with Crippen molar-refractivity contribution in [2.75, 3.05) is 26.7 Å². The van der Waals surface area contributed by atoms with Crippen molar-refractivity contribution >= 4 is 34.0 Å². The number of nitrogens with zero attached hydrogens (tertiary/aromatic N) is 1. The van der Waals surface area contributed by atoms with Crippen LogP contribution in [0.25, 0.3) is 0 Å². The molecule has 1 aromatic rings. The molecule has 1 saturated heterocycles. The summed E-state index contributed by atoms with van der Waals surface area (Å²) in [6, 6.07) is 5.35. The van der Waals surface area contributed by atoms with Crippen LogP contribution >= 0.6 is 24.0 Å². The first kappa shape index (κ1) is 20.7. The van der Waals surface area contributed by atoms with E-state index in [1.165, 1.54) is 0 Å². The summed E-state index contributed by atoms with van der Waals surface area (Å²) >= 11 is 6.16. The van der Waals surface area contributed by atoms with Gasteiger partial charge in [0.1, 0.15) is 4.90 Å². The molecule has 7 heteroatoms. The largest absolute Gasteiger partial charge is 0.319 e. The van der Waals surface area contributed by atoms with Crippen molar-refractivity contribution in [1.82, 2.24) is 9.62 Å². The van der Waals surface area contributed by atoms with Gasteiger partial charge in [0, 0.05) is 13.1 Å². The lowest BCUT2D eigenvalue weighted by molar-refractivity contribution is 0.270. The van der Waals surface area contributed by atoms with Gasteiger partial charge >= 0.3 is 0 Å². The molecule has 0 spiro atoms. The Balaban J connectivity index is 0.00000264. The Hall–Kier alpha value is -0.330. The molecule has 0 unspecified atom stereocenters. The number of benzene rings is 1. The van der Waals surface area contributed by atoms with Gasteiger partial charge in [-0.05, 0) is 56.5 Å². The van der Waals surface area contributed by atoms with Gasteiger partial charge in [0.25, 0.3) is 0 Å².